The Balaban J connectivity index is 1.70. The Labute approximate surface area is 167 Å². The summed E-state index contributed by atoms with van der Waals surface area (Å²) in [5, 5.41) is 0. The Hall–Kier alpha value is -2.25. The molecule has 0 aliphatic carbocycles. The van der Waals surface area contributed by atoms with Gasteiger partial charge in [0.05, 0.1) is 12.7 Å². The quantitative estimate of drug-likeness (QED) is 0.745. The van der Waals surface area contributed by atoms with Gasteiger partial charge in [0.25, 0.3) is 0 Å². The van der Waals surface area contributed by atoms with Crippen LogP contribution in [0.3, 0.4) is 0 Å². The van der Waals surface area contributed by atoms with E-state index in [0.29, 0.717) is 19.5 Å². The molecular formula is C21H27N3O3S. The fourth-order valence-corrected chi connectivity index (χ4v) is 4.69. The lowest BCUT2D eigenvalue weighted by atomic mass is 10.0. The van der Waals surface area contributed by atoms with Gasteiger partial charge in [0.2, 0.25) is 15.9 Å². The van der Waals surface area contributed by atoms with E-state index in [1.165, 1.54) is 10.6 Å². The third kappa shape index (κ3) is 5.39. The van der Waals surface area contributed by atoms with Crippen LogP contribution >= 0.6 is 0 Å². The molecule has 0 spiro atoms. The Morgan fingerprint density at radius 3 is 2.61 bits per heavy atom. The number of pyridine rings is 1. The first-order valence-corrected chi connectivity index (χ1v) is 11.4. The molecule has 3 rings (SSSR count). The number of nitrogens with zero attached hydrogens (tertiary/aromatic N) is 3. The van der Waals surface area contributed by atoms with E-state index in [-0.39, 0.29) is 18.5 Å². The van der Waals surface area contributed by atoms with E-state index in [0.717, 1.165) is 29.5 Å². The van der Waals surface area contributed by atoms with E-state index < -0.39 is 10.0 Å². The molecule has 1 saturated heterocycles. The highest BCUT2D eigenvalue weighted by atomic mass is 32.2. The molecule has 1 fully saturated rings. The molecule has 1 aromatic heterocycles. The molecule has 0 bridgehead atoms. The summed E-state index contributed by atoms with van der Waals surface area (Å²) in [5.41, 5.74) is 2.98. The molecule has 2 heterocycles. The first-order valence-electron chi connectivity index (χ1n) is 9.52. The minimum Gasteiger partial charge on any atom is -0.341 e. The summed E-state index contributed by atoms with van der Waals surface area (Å²) in [5.74, 6) is 0.0448. The molecule has 7 heteroatoms. The minimum atomic E-state index is -3.41. The Kier molecular flexibility index (Phi) is 6.46. The van der Waals surface area contributed by atoms with Gasteiger partial charge < -0.3 is 4.90 Å². The lowest BCUT2D eigenvalue weighted by Crippen LogP contribution is -2.51. The number of carbonyl (C=O) groups is 1. The maximum Gasteiger partial charge on any atom is 0.227 e. The van der Waals surface area contributed by atoms with Gasteiger partial charge in [-0.25, -0.2) is 8.42 Å². The van der Waals surface area contributed by atoms with Crippen molar-refractivity contribution in [3.8, 4) is 0 Å². The van der Waals surface area contributed by atoms with Gasteiger partial charge in [0, 0.05) is 38.1 Å². The monoisotopic (exact) mass is 401 g/mol. The topological polar surface area (TPSA) is 70.6 Å². The van der Waals surface area contributed by atoms with Gasteiger partial charge in [-0.1, -0.05) is 35.9 Å². The first kappa shape index (κ1) is 20.5. The fourth-order valence-electron chi connectivity index (χ4n) is 3.60. The summed E-state index contributed by atoms with van der Waals surface area (Å²) >= 11 is 0. The van der Waals surface area contributed by atoms with Crippen LogP contribution < -0.4 is 0 Å². The van der Waals surface area contributed by atoms with Crippen LogP contribution in [-0.2, 0) is 27.8 Å². The molecule has 1 atom stereocenters. The van der Waals surface area contributed by atoms with Crippen molar-refractivity contribution in [1.29, 1.82) is 0 Å². The second-order valence-electron chi connectivity index (χ2n) is 7.47. The second kappa shape index (κ2) is 8.84. The number of carbonyl (C=O) groups excluding carboxylic acids is 1. The Morgan fingerprint density at radius 1 is 1.21 bits per heavy atom. The van der Waals surface area contributed by atoms with Crippen LogP contribution in [-0.4, -0.2) is 53.9 Å². The highest BCUT2D eigenvalue weighted by molar-refractivity contribution is 7.88. The summed E-state index contributed by atoms with van der Waals surface area (Å²) in [6, 6.07) is 11.4. The zero-order valence-electron chi connectivity index (χ0n) is 16.4. The van der Waals surface area contributed by atoms with Crippen LogP contribution in [0.25, 0.3) is 0 Å². The molecule has 0 N–H and O–H groups in total. The fraction of sp³-hybridized carbons (Fsp3) is 0.429. The standard InChI is InChI=1S/C21H27N3O3S/c1-17-7-9-18(10-8-17)13-21(25)23-12-4-6-20(16-23)24(28(2,26)27)15-19-5-3-11-22-14-19/h3,5,7-11,14,20H,4,6,12-13,15-16H2,1-2H3. The number of piperidine rings is 1. The van der Waals surface area contributed by atoms with Crippen LogP contribution in [0, 0.1) is 6.92 Å². The molecule has 28 heavy (non-hydrogen) atoms. The highest BCUT2D eigenvalue weighted by Gasteiger charge is 2.32. The number of aryl methyl sites for hydroxylation is 1. The normalized spacial score (nSPS) is 17.7. The number of amides is 1. The van der Waals surface area contributed by atoms with E-state index in [9.17, 15) is 13.2 Å². The van der Waals surface area contributed by atoms with Crippen LogP contribution in [0.15, 0.2) is 48.8 Å². The number of likely N-dealkylation sites (tertiary alicyclic amines) is 1. The largest absolute Gasteiger partial charge is 0.341 e. The molecule has 6 nitrogen and oxygen atoms in total. The number of aromatic nitrogens is 1. The van der Waals surface area contributed by atoms with Gasteiger partial charge in [0.15, 0.2) is 0 Å². The van der Waals surface area contributed by atoms with E-state index in [1.807, 2.05) is 37.3 Å². The molecule has 2 aromatic rings. The number of hydrogen-bond donors (Lipinski definition) is 0. The van der Waals surface area contributed by atoms with Crippen molar-refractivity contribution < 1.29 is 13.2 Å². The van der Waals surface area contributed by atoms with E-state index >= 15 is 0 Å². The summed E-state index contributed by atoms with van der Waals surface area (Å²) in [6.07, 6.45) is 6.47. The smallest absolute Gasteiger partial charge is 0.227 e. The van der Waals surface area contributed by atoms with Crippen molar-refractivity contribution >= 4 is 15.9 Å². The van der Waals surface area contributed by atoms with Crippen molar-refractivity contribution in [2.75, 3.05) is 19.3 Å². The number of benzene rings is 1. The molecule has 0 radical (unpaired) electrons. The predicted molar refractivity (Wildman–Crippen MR) is 109 cm³/mol. The summed E-state index contributed by atoms with van der Waals surface area (Å²) in [4.78, 5) is 18.7. The summed E-state index contributed by atoms with van der Waals surface area (Å²) < 4.78 is 26.4. The van der Waals surface area contributed by atoms with Gasteiger partial charge in [-0.15, -0.1) is 0 Å². The third-order valence-electron chi connectivity index (χ3n) is 5.12. The number of hydrogen-bond acceptors (Lipinski definition) is 4. The maximum absolute atomic E-state index is 12.8. The average molecular weight is 402 g/mol. The molecule has 150 valence electrons. The van der Waals surface area contributed by atoms with Gasteiger partial charge in [-0.2, -0.15) is 4.31 Å². The van der Waals surface area contributed by atoms with Crippen LogP contribution in [0.4, 0.5) is 0 Å². The second-order valence-corrected chi connectivity index (χ2v) is 9.40. The Bertz CT molecular complexity index is 898. The number of rotatable bonds is 6. The van der Waals surface area contributed by atoms with Gasteiger partial charge >= 0.3 is 0 Å². The molecule has 1 aromatic carbocycles. The minimum absolute atomic E-state index is 0.0448. The number of sulfonamides is 1. The SMILES string of the molecule is Cc1ccc(CC(=O)N2CCCC(N(Cc3cccnc3)S(C)(=O)=O)C2)cc1. The van der Waals surface area contributed by atoms with E-state index in [1.54, 1.807) is 23.4 Å². The van der Waals surface area contributed by atoms with Gasteiger partial charge in [0.1, 0.15) is 0 Å². The van der Waals surface area contributed by atoms with Gasteiger partial charge in [-0.05, 0) is 37.0 Å². The maximum atomic E-state index is 12.8. The van der Waals surface area contributed by atoms with Crippen LogP contribution in [0.1, 0.15) is 29.5 Å². The van der Waals surface area contributed by atoms with Crippen molar-refractivity contribution in [3.63, 3.8) is 0 Å². The summed E-state index contributed by atoms with van der Waals surface area (Å²) in [6.45, 7) is 3.39. The predicted octanol–water partition coefficient (Wildman–Crippen LogP) is 2.39. The average Bonchev–Trinajstić information content (AvgIpc) is 2.68. The van der Waals surface area contributed by atoms with Crippen LogP contribution in [0.5, 0.6) is 0 Å². The lowest BCUT2D eigenvalue weighted by molar-refractivity contribution is -0.132. The van der Waals surface area contributed by atoms with Crippen molar-refractivity contribution in [2.24, 2.45) is 0 Å². The third-order valence-corrected chi connectivity index (χ3v) is 6.40. The van der Waals surface area contributed by atoms with Crippen molar-refractivity contribution in [3.05, 3.63) is 65.5 Å². The summed E-state index contributed by atoms with van der Waals surface area (Å²) in [7, 11) is -3.41. The lowest BCUT2D eigenvalue weighted by Gasteiger charge is -2.38. The highest BCUT2D eigenvalue weighted by Crippen LogP contribution is 2.21. The molecule has 1 aliphatic rings. The van der Waals surface area contributed by atoms with Gasteiger partial charge in [-0.3, -0.25) is 9.78 Å². The zero-order chi connectivity index (χ0) is 20.1. The molecule has 1 unspecified atom stereocenters. The van der Waals surface area contributed by atoms with Crippen LogP contribution in [0.2, 0.25) is 0 Å². The molecular weight excluding hydrogens is 374 g/mol. The van der Waals surface area contributed by atoms with E-state index in [4.69, 9.17) is 0 Å². The molecule has 1 aliphatic heterocycles. The first-order chi connectivity index (χ1) is 13.3. The molecule has 1 amide bonds. The van der Waals surface area contributed by atoms with Crippen molar-refractivity contribution in [1.82, 2.24) is 14.2 Å². The van der Waals surface area contributed by atoms with Crippen molar-refractivity contribution in [2.45, 2.75) is 38.8 Å². The Morgan fingerprint density at radius 2 is 1.96 bits per heavy atom. The van der Waals surface area contributed by atoms with E-state index in [2.05, 4.69) is 4.98 Å². The molecule has 0 saturated carbocycles. The zero-order valence-corrected chi connectivity index (χ0v) is 17.2.